The van der Waals surface area contributed by atoms with Crippen LogP contribution in [0.25, 0.3) is 11.0 Å². The van der Waals surface area contributed by atoms with Crippen molar-refractivity contribution < 1.29 is 0 Å². The number of nitrogens with zero attached hydrogens (tertiary/aromatic N) is 4. The molecule has 0 spiro atoms. The normalized spacial score (nSPS) is 11.2. The van der Waals surface area contributed by atoms with E-state index < -0.39 is 0 Å². The fraction of sp³-hybridized carbons (Fsp3) is 0.111. The number of nitrogens with one attached hydrogen (secondary N) is 1. The summed E-state index contributed by atoms with van der Waals surface area (Å²) in [6.07, 6.45) is 4.30. The fourth-order valence-electron chi connectivity index (χ4n) is 2.71. The molecule has 6 nitrogen and oxygen atoms in total. The smallest absolute Gasteiger partial charge is 0.247 e. The van der Waals surface area contributed by atoms with Crippen LogP contribution in [0.3, 0.4) is 0 Å². The van der Waals surface area contributed by atoms with Gasteiger partial charge in [-0.05, 0) is 34.7 Å². The molecule has 0 bridgehead atoms. The van der Waals surface area contributed by atoms with Crippen LogP contribution >= 0.6 is 23.2 Å². The molecule has 0 aliphatic heterocycles. The highest BCUT2D eigenvalue weighted by molar-refractivity contribution is 6.35. The minimum atomic E-state index is -0.0956. The van der Waals surface area contributed by atoms with E-state index in [1.807, 2.05) is 24.4 Å². The van der Waals surface area contributed by atoms with Gasteiger partial charge in [0, 0.05) is 18.5 Å². The van der Waals surface area contributed by atoms with Crippen LogP contribution in [0.1, 0.15) is 16.7 Å². The summed E-state index contributed by atoms with van der Waals surface area (Å²) in [6.45, 7) is 0.587. The van der Waals surface area contributed by atoms with Gasteiger partial charge in [-0.25, -0.2) is 4.98 Å². The van der Waals surface area contributed by atoms with Gasteiger partial charge in [0.05, 0.1) is 11.9 Å². The average molecular weight is 386 g/mol. The van der Waals surface area contributed by atoms with Gasteiger partial charge >= 0.3 is 0 Å². The maximum Gasteiger partial charge on any atom is 0.247 e. The molecule has 0 saturated heterocycles. The highest BCUT2D eigenvalue weighted by Gasteiger charge is 2.09. The third kappa shape index (κ3) is 3.61. The molecule has 0 aliphatic rings. The first kappa shape index (κ1) is 16.8. The van der Waals surface area contributed by atoms with Gasteiger partial charge in [-0.3, -0.25) is 9.48 Å². The first-order chi connectivity index (χ1) is 12.6. The zero-order valence-corrected chi connectivity index (χ0v) is 15.0. The molecule has 26 heavy (non-hydrogen) atoms. The largest absolute Gasteiger partial charge is 0.329 e. The van der Waals surface area contributed by atoms with E-state index >= 15 is 0 Å². The van der Waals surface area contributed by atoms with Crippen LogP contribution in [0.15, 0.2) is 53.6 Å². The predicted octanol–water partition coefficient (Wildman–Crippen LogP) is 3.46. The van der Waals surface area contributed by atoms with Crippen molar-refractivity contribution in [2.24, 2.45) is 0 Å². The number of rotatable bonds is 4. The molecule has 1 aromatic carbocycles. The Bertz CT molecular complexity index is 1110. The topological polar surface area (TPSA) is 76.5 Å². The molecule has 0 saturated carbocycles. The minimum absolute atomic E-state index is 0.0827. The SMILES string of the molecule is O=c1ccc(Cc2ccc(Cn3cc4c(Cl)nc(Cl)nc4n3)cc2)c[nH]1. The fourth-order valence-corrected chi connectivity index (χ4v) is 3.13. The third-order valence-corrected chi connectivity index (χ3v) is 4.43. The van der Waals surface area contributed by atoms with E-state index in [1.54, 1.807) is 10.9 Å². The molecule has 0 atom stereocenters. The van der Waals surface area contributed by atoms with Gasteiger partial charge in [0.15, 0.2) is 5.65 Å². The second-order valence-corrected chi connectivity index (χ2v) is 6.60. The van der Waals surface area contributed by atoms with Gasteiger partial charge < -0.3 is 4.98 Å². The summed E-state index contributed by atoms with van der Waals surface area (Å²) in [7, 11) is 0. The van der Waals surface area contributed by atoms with Crippen molar-refractivity contribution in [2.45, 2.75) is 13.0 Å². The van der Waals surface area contributed by atoms with Gasteiger partial charge in [-0.2, -0.15) is 10.1 Å². The van der Waals surface area contributed by atoms with Crippen molar-refractivity contribution in [3.63, 3.8) is 0 Å². The van der Waals surface area contributed by atoms with E-state index in [-0.39, 0.29) is 10.8 Å². The van der Waals surface area contributed by atoms with E-state index in [4.69, 9.17) is 23.2 Å². The minimum Gasteiger partial charge on any atom is -0.329 e. The summed E-state index contributed by atoms with van der Waals surface area (Å²) in [4.78, 5) is 21.8. The van der Waals surface area contributed by atoms with Crippen LogP contribution in [-0.2, 0) is 13.0 Å². The first-order valence-corrected chi connectivity index (χ1v) is 8.64. The highest BCUT2D eigenvalue weighted by atomic mass is 35.5. The Morgan fingerprint density at radius 2 is 1.69 bits per heavy atom. The molecular formula is C18H13Cl2N5O. The van der Waals surface area contributed by atoms with Crippen molar-refractivity contribution in [2.75, 3.05) is 0 Å². The Balaban J connectivity index is 1.51. The lowest BCUT2D eigenvalue weighted by Gasteiger charge is -2.05. The number of halogens is 2. The molecule has 1 N–H and O–H groups in total. The van der Waals surface area contributed by atoms with Crippen molar-refractivity contribution in [3.05, 3.63) is 86.3 Å². The van der Waals surface area contributed by atoms with Gasteiger partial charge in [0.25, 0.3) is 0 Å². The zero-order valence-electron chi connectivity index (χ0n) is 13.5. The summed E-state index contributed by atoms with van der Waals surface area (Å²) in [5.74, 6) is 0. The molecule has 4 aromatic rings. The maximum atomic E-state index is 11.1. The average Bonchev–Trinajstić information content (AvgIpc) is 3.01. The monoisotopic (exact) mass is 385 g/mol. The van der Waals surface area contributed by atoms with E-state index in [0.29, 0.717) is 22.7 Å². The van der Waals surface area contributed by atoms with Crippen LogP contribution in [0.2, 0.25) is 10.4 Å². The predicted molar refractivity (Wildman–Crippen MR) is 101 cm³/mol. The maximum absolute atomic E-state index is 11.1. The number of H-pyrrole nitrogens is 1. The summed E-state index contributed by atoms with van der Waals surface area (Å²) in [5.41, 5.74) is 3.69. The van der Waals surface area contributed by atoms with Crippen LogP contribution < -0.4 is 5.56 Å². The highest BCUT2D eigenvalue weighted by Crippen LogP contribution is 2.21. The number of hydrogen-bond donors (Lipinski definition) is 1. The zero-order chi connectivity index (χ0) is 18.1. The molecule has 8 heteroatoms. The Hall–Kier alpha value is -2.70. The van der Waals surface area contributed by atoms with Gasteiger partial charge in [0.2, 0.25) is 10.8 Å². The lowest BCUT2D eigenvalue weighted by Crippen LogP contribution is -2.03. The third-order valence-electron chi connectivity index (χ3n) is 3.98. The molecule has 0 fully saturated rings. The number of hydrogen-bond acceptors (Lipinski definition) is 4. The van der Waals surface area contributed by atoms with Gasteiger partial charge in [-0.1, -0.05) is 41.9 Å². The Labute approximate surface area is 158 Å². The van der Waals surface area contributed by atoms with Crippen molar-refractivity contribution >= 4 is 34.2 Å². The van der Waals surface area contributed by atoms with Crippen LogP contribution in [0.4, 0.5) is 0 Å². The molecule has 0 aliphatic carbocycles. The first-order valence-electron chi connectivity index (χ1n) is 7.88. The standard InChI is InChI=1S/C18H13Cl2N5O/c19-16-14-10-25(24-17(14)23-18(20)22-16)9-12-3-1-11(2-4-12)7-13-5-6-15(26)21-8-13/h1-6,8,10H,7,9H2,(H,21,26). The van der Waals surface area contributed by atoms with E-state index in [1.165, 1.54) is 6.07 Å². The summed E-state index contributed by atoms with van der Waals surface area (Å²) < 4.78 is 1.76. The molecule has 4 rings (SSSR count). The Morgan fingerprint density at radius 1 is 0.962 bits per heavy atom. The molecule has 0 amide bonds. The quantitative estimate of drug-likeness (QED) is 0.431. The summed E-state index contributed by atoms with van der Waals surface area (Å²) in [6, 6.07) is 11.6. The lowest BCUT2D eigenvalue weighted by atomic mass is 10.0. The lowest BCUT2D eigenvalue weighted by molar-refractivity contribution is 0.693. The molecule has 130 valence electrons. The van der Waals surface area contributed by atoms with Gasteiger partial charge in [0.1, 0.15) is 5.15 Å². The van der Waals surface area contributed by atoms with Crippen LogP contribution in [0.5, 0.6) is 0 Å². The Morgan fingerprint density at radius 3 is 2.42 bits per heavy atom. The second-order valence-electron chi connectivity index (χ2n) is 5.90. The number of pyridine rings is 1. The Kier molecular flexibility index (Phi) is 4.44. The van der Waals surface area contributed by atoms with E-state index in [9.17, 15) is 4.79 Å². The van der Waals surface area contributed by atoms with Crippen molar-refractivity contribution in [1.29, 1.82) is 0 Å². The van der Waals surface area contributed by atoms with Crippen LogP contribution in [0, 0.1) is 0 Å². The number of benzene rings is 1. The summed E-state index contributed by atoms with van der Waals surface area (Å²) in [5, 5.41) is 5.44. The molecule has 0 unspecified atom stereocenters. The summed E-state index contributed by atoms with van der Waals surface area (Å²) >= 11 is 11.9. The molecule has 3 aromatic heterocycles. The molecule has 0 radical (unpaired) electrons. The van der Waals surface area contributed by atoms with E-state index in [0.717, 1.165) is 23.1 Å². The number of fused-ring (bicyclic) bond motifs is 1. The second kappa shape index (κ2) is 6.90. The van der Waals surface area contributed by atoms with Crippen molar-refractivity contribution in [3.8, 4) is 0 Å². The van der Waals surface area contributed by atoms with Crippen molar-refractivity contribution in [1.82, 2.24) is 24.7 Å². The molecule has 3 heterocycles. The molecular weight excluding hydrogens is 373 g/mol. The number of aromatic nitrogens is 5. The number of aromatic amines is 1. The van der Waals surface area contributed by atoms with Gasteiger partial charge in [-0.15, -0.1) is 0 Å². The van der Waals surface area contributed by atoms with E-state index in [2.05, 4.69) is 32.2 Å². The van der Waals surface area contributed by atoms with Crippen LogP contribution in [-0.4, -0.2) is 24.7 Å².